The molecule has 0 unspecified atom stereocenters. The predicted molar refractivity (Wildman–Crippen MR) is 67.7 cm³/mol. The third-order valence-electron chi connectivity index (χ3n) is 1.83. The lowest BCUT2D eigenvalue weighted by molar-refractivity contribution is 0.318. The fourth-order valence-corrected chi connectivity index (χ4v) is 1.31. The van der Waals surface area contributed by atoms with Gasteiger partial charge in [-0.3, -0.25) is 9.17 Å². The summed E-state index contributed by atoms with van der Waals surface area (Å²) in [5.41, 5.74) is 2.40. The van der Waals surface area contributed by atoms with Gasteiger partial charge in [0.15, 0.2) is 0 Å². The summed E-state index contributed by atoms with van der Waals surface area (Å²) in [5.74, 6) is 0. The largest absolute Gasteiger partial charge is 0.333 e. The van der Waals surface area contributed by atoms with E-state index in [9.17, 15) is 8.42 Å². The molecular weight excluding hydrogens is 240 g/mol. The smallest absolute Gasteiger partial charge is 0.261 e. The highest BCUT2D eigenvalue weighted by Crippen LogP contribution is 1.98. The van der Waals surface area contributed by atoms with E-state index in [1.807, 2.05) is 19.2 Å². The summed E-state index contributed by atoms with van der Waals surface area (Å²) in [6.45, 7) is 6.09. The molecule has 0 bridgehead atoms. The second-order valence-electron chi connectivity index (χ2n) is 3.48. The zero-order valence-electron chi connectivity index (χ0n) is 10.5. The van der Waals surface area contributed by atoms with Gasteiger partial charge in [-0.05, 0) is 31.4 Å². The number of pyridine rings is 1. The lowest BCUT2D eigenvalue weighted by atomic mass is 10.2. The monoisotopic (exact) mass is 260 g/mol. The highest BCUT2D eigenvalue weighted by atomic mass is 32.2. The van der Waals surface area contributed by atoms with Crippen molar-refractivity contribution in [2.75, 3.05) is 6.61 Å². The Bertz CT molecular complexity index is 401. The van der Waals surface area contributed by atoms with Gasteiger partial charge in [0.1, 0.15) is 0 Å². The number of nitrogens with zero attached hydrogens (tertiary/aromatic N) is 1. The van der Waals surface area contributed by atoms with Crippen molar-refractivity contribution in [3.05, 3.63) is 29.6 Å². The van der Waals surface area contributed by atoms with Crippen LogP contribution in [0.5, 0.6) is 0 Å². The van der Waals surface area contributed by atoms with Crippen molar-refractivity contribution in [3.8, 4) is 0 Å². The van der Waals surface area contributed by atoms with Crippen LogP contribution in [0.3, 0.4) is 0 Å². The van der Waals surface area contributed by atoms with E-state index in [-0.39, 0.29) is 6.61 Å². The minimum atomic E-state index is -3.69. The van der Waals surface area contributed by atoms with Crippen molar-refractivity contribution in [1.82, 2.24) is 4.98 Å². The third kappa shape index (κ3) is 9.92. The van der Waals surface area contributed by atoms with E-state index >= 15 is 0 Å². The van der Waals surface area contributed by atoms with Gasteiger partial charge in [-0.2, -0.15) is 8.42 Å². The molecule has 0 aromatic carbocycles. The second-order valence-corrected chi connectivity index (χ2v) is 4.70. The Labute approximate surface area is 103 Å². The van der Waals surface area contributed by atoms with Crippen LogP contribution < -0.4 is 5.14 Å². The van der Waals surface area contributed by atoms with Gasteiger partial charge in [-0.1, -0.05) is 19.9 Å². The topological polar surface area (TPSA) is 82.3 Å². The van der Waals surface area contributed by atoms with Crippen LogP contribution in [-0.2, 0) is 20.9 Å². The Balaban J connectivity index is 0.000000304. The molecule has 0 spiro atoms. The summed E-state index contributed by atoms with van der Waals surface area (Å²) >= 11 is 0. The number of rotatable bonds is 4. The molecule has 0 atom stereocenters. The molecule has 1 aromatic heterocycles. The number of hydrogen-bond acceptors (Lipinski definition) is 4. The predicted octanol–water partition coefficient (Wildman–Crippen LogP) is 1.57. The molecule has 0 fully saturated rings. The van der Waals surface area contributed by atoms with E-state index in [2.05, 4.69) is 27.3 Å². The molecule has 0 aliphatic rings. The minimum Gasteiger partial charge on any atom is -0.261 e. The van der Waals surface area contributed by atoms with Gasteiger partial charge in [-0.15, -0.1) is 0 Å². The van der Waals surface area contributed by atoms with Gasteiger partial charge in [0.05, 0.1) is 6.61 Å². The lowest BCUT2D eigenvalue weighted by Gasteiger charge is -1.93. The van der Waals surface area contributed by atoms with Crippen LogP contribution in [0.2, 0.25) is 0 Å². The Morgan fingerprint density at radius 3 is 2.29 bits per heavy atom. The average Bonchev–Trinajstić information content (AvgIpc) is 2.27. The van der Waals surface area contributed by atoms with E-state index in [0.717, 1.165) is 12.1 Å². The quantitative estimate of drug-likeness (QED) is 0.890. The van der Waals surface area contributed by atoms with Crippen molar-refractivity contribution in [3.63, 3.8) is 0 Å². The van der Waals surface area contributed by atoms with Crippen LogP contribution in [0.4, 0.5) is 0 Å². The third-order valence-corrected chi connectivity index (χ3v) is 2.33. The van der Waals surface area contributed by atoms with Crippen molar-refractivity contribution in [1.29, 1.82) is 0 Å². The molecule has 0 radical (unpaired) electrons. The standard InChI is InChI=1S/C8H11N.C3H9NO3S/c1-3-8-5-4-7(2)9-6-8;1-2-3-7-8(4,5)6/h4-6H,3H2,1-2H3;2-3H2,1H3,(H2,4,5,6). The van der Waals surface area contributed by atoms with Crippen LogP contribution >= 0.6 is 0 Å². The summed E-state index contributed by atoms with van der Waals surface area (Å²) in [5, 5.41) is 4.47. The van der Waals surface area contributed by atoms with Crippen LogP contribution in [0.1, 0.15) is 31.5 Å². The summed E-state index contributed by atoms with van der Waals surface area (Å²) < 4.78 is 24.0. The molecule has 17 heavy (non-hydrogen) atoms. The average molecular weight is 260 g/mol. The maximum Gasteiger partial charge on any atom is 0.333 e. The molecule has 1 heterocycles. The molecule has 0 saturated heterocycles. The molecule has 0 amide bonds. The molecule has 98 valence electrons. The zero-order valence-corrected chi connectivity index (χ0v) is 11.3. The van der Waals surface area contributed by atoms with Crippen LogP contribution in [-0.4, -0.2) is 20.0 Å². The maximum atomic E-state index is 9.95. The Morgan fingerprint density at radius 1 is 1.35 bits per heavy atom. The van der Waals surface area contributed by atoms with Crippen LogP contribution in [0, 0.1) is 6.92 Å². The summed E-state index contributed by atoms with van der Waals surface area (Å²) in [6, 6.07) is 4.15. The van der Waals surface area contributed by atoms with Gasteiger partial charge in [0.25, 0.3) is 0 Å². The molecule has 1 aromatic rings. The van der Waals surface area contributed by atoms with Gasteiger partial charge in [0, 0.05) is 11.9 Å². The fraction of sp³-hybridized carbons (Fsp3) is 0.545. The minimum absolute atomic E-state index is 0.166. The first-order valence-corrected chi connectivity index (χ1v) is 6.94. The van der Waals surface area contributed by atoms with E-state index < -0.39 is 10.3 Å². The summed E-state index contributed by atoms with van der Waals surface area (Å²) in [4.78, 5) is 4.15. The second kappa shape index (κ2) is 8.16. The number of aryl methyl sites for hydroxylation is 2. The van der Waals surface area contributed by atoms with Crippen molar-refractivity contribution < 1.29 is 12.6 Å². The molecule has 0 saturated carbocycles. The number of nitrogens with two attached hydrogens (primary N) is 1. The van der Waals surface area contributed by atoms with Gasteiger partial charge in [0.2, 0.25) is 0 Å². The molecule has 5 nitrogen and oxygen atoms in total. The molecule has 6 heteroatoms. The van der Waals surface area contributed by atoms with E-state index in [1.54, 1.807) is 6.92 Å². The first kappa shape index (κ1) is 16.0. The number of hydrogen-bond donors (Lipinski definition) is 1. The highest BCUT2D eigenvalue weighted by molar-refractivity contribution is 7.84. The molecule has 0 aliphatic heterocycles. The van der Waals surface area contributed by atoms with Gasteiger partial charge >= 0.3 is 10.3 Å². The number of aromatic nitrogens is 1. The summed E-state index contributed by atoms with van der Waals surface area (Å²) in [7, 11) is -3.69. The molecule has 2 N–H and O–H groups in total. The Hall–Kier alpha value is -0.980. The van der Waals surface area contributed by atoms with Crippen LogP contribution in [0.15, 0.2) is 18.3 Å². The Kier molecular flexibility index (Phi) is 7.69. The van der Waals surface area contributed by atoms with Crippen molar-refractivity contribution >= 4 is 10.3 Å². The first-order chi connectivity index (χ1) is 7.89. The Morgan fingerprint density at radius 2 is 2.00 bits per heavy atom. The molecule has 1 rings (SSSR count). The molecule has 0 aliphatic carbocycles. The van der Waals surface area contributed by atoms with Crippen molar-refractivity contribution in [2.24, 2.45) is 5.14 Å². The SMILES string of the molecule is CCCOS(N)(=O)=O.CCc1ccc(C)nc1. The molecular formula is C11H20N2O3S. The van der Waals surface area contributed by atoms with Crippen molar-refractivity contribution in [2.45, 2.75) is 33.6 Å². The maximum absolute atomic E-state index is 9.95. The van der Waals surface area contributed by atoms with E-state index in [4.69, 9.17) is 0 Å². The summed E-state index contributed by atoms with van der Waals surface area (Å²) in [6.07, 6.45) is 3.65. The van der Waals surface area contributed by atoms with Crippen LogP contribution in [0.25, 0.3) is 0 Å². The fourth-order valence-electron chi connectivity index (χ4n) is 0.907. The van der Waals surface area contributed by atoms with Gasteiger partial charge in [-0.25, -0.2) is 5.14 Å². The normalized spacial score (nSPS) is 10.6. The lowest BCUT2D eigenvalue weighted by Crippen LogP contribution is -2.15. The first-order valence-electron chi connectivity index (χ1n) is 5.47. The van der Waals surface area contributed by atoms with E-state index in [1.165, 1.54) is 5.56 Å². The van der Waals surface area contributed by atoms with E-state index in [0.29, 0.717) is 6.42 Å². The van der Waals surface area contributed by atoms with Gasteiger partial charge < -0.3 is 0 Å². The zero-order chi connectivity index (χ0) is 13.3. The highest BCUT2D eigenvalue weighted by Gasteiger charge is 1.97.